The second kappa shape index (κ2) is 6.38. The van der Waals surface area contributed by atoms with Gasteiger partial charge in [-0.25, -0.2) is 18.1 Å². The molecule has 20 heavy (non-hydrogen) atoms. The lowest BCUT2D eigenvalue weighted by Crippen LogP contribution is -2.26. The lowest BCUT2D eigenvalue weighted by atomic mass is 10.2. The molecule has 1 heterocycles. The summed E-state index contributed by atoms with van der Waals surface area (Å²) in [7, 11) is -3.44. The summed E-state index contributed by atoms with van der Waals surface area (Å²) in [6, 6.07) is 6.76. The van der Waals surface area contributed by atoms with Gasteiger partial charge in [0.05, 0.1) is 4.90 Å². The van der Waals surface area contributed by atoms with Crippen molar-refractivity contribution < 1.29 is 8.42 Å². The van der Waals surface area contributed by atoms with Gasteiger partial charge < -0.3 is 0 Å². The molecule has 8 heteroatoms. The third-order valence-corrected chi connectivity index (χ3v) is 4.86. The number of H-pyrrole nitrogens is 1. The maximum absolute atomic E-state index is 12.0. The molecule has 0 fully saturated rings. The first-order chi connectivity index (χ1) is 9.47. The Kier molecular flexibility index (Phi) is 4.79. The molecule has 1 aromatic heterocycles. The second-order valence-corrected chi connectivity index (χ2v) is 7.09. The number of sulfonamides is 1. The smallest absolute Gasteiger partial charge is 0.240 e. The van der Waals surface area contributed by atoms with E-state index in [1.54, 1.807) is 24.3 Å². The van der Waals surface area contributed by atoms with Crippen LogP contribution in [0.15, 0.2) is 34.3 Å². The van der Waals surface area contributed by atoms with E-state index < -0.39 is 10.0 Å². The zero-order valence-corrected chi connectivity index (χ0v) is 12.9. The third-order valence-electron chi connectivity index (χ3n) is 2.53. The van der Waals surface area contributed by atoms with Crippen LogP contribution in [0.25, 0.3) is 0 Å². The van der Waals surface area contributed by atoms with E-state index in [2.05, 4.69) is 19.9 Å². The molecule has 0 aliphatic carbocycles. The van der Waals surface area contributed by atoms with Crippen molar-refractivity contribution in [3.63, 3.8) is 0 Å². The van der Waals surface area contributed by atoms with Crippen LogP contribution in [0, 0.1) is 13.8 Å². The van der Waals surface area contributed by atoms with E-state index in [0.29, 0.717) is 17.5 Å². The molecule has 0 radical (unpaired) electrons. The van der Waals surface area contributed by atoms with Gasteiger partial charge in [0.15, 0.2) is 0 Å². The Morgan fingerprint density at radius 3 is 2.55 bits per heavy atom. The Hall–Kier alpha value is -1.38. The molecule has 1 aromatic carbocycles. The van der Waals surface area contributed by atoms with Crippen molar-refractivity contribution in [1.29, 1.82) is 0 Å². The number of thioether (sulfide) groups is 1. The molecule has 0 atom stereocenters. The normalized spacial score (nSPS) is 11.7. The highest BCUT2D eigenvalue weighted by molar-refractivity contribution is 7.99. The number of nitrogens with zero attached hydrogens (tertiary/aromatic N) is 2. The minimum atomic E-state index is -3.44. The molecule has 0 aliphatic heterocycles. The van der Waals surface area contributed by atoms with Crippen LogP contribution in [0.2, 0.25) is 0 Å². The van der Waals surface area contributed by atoms with Gasteiger partial charge in [0.2, 0.25) is 15.2 Å². The lowest BCUT2D eigenvalue weighted by Gasteiger charge is -2.06. The van der Waals surface area contributed by atoms with E-state index in [0.717, 1.165) is 11.4 Å². The molecule has 0 spiro atoms. The summed E-state index contributed by atoms with van der Waals surface area (Å²) >= 11 is 1.40. The molecule has 108 valence electrons. The fourth-order valence-corrected chi connectivity index (χ4v) is 3.37. The fraction of sp³-hybridized carbons (Fsp3) is 0.333. The van der Waals surface area contributed by atoms with Gasteiger partial charge in [-0.1, -0.05) is 29.5 Å². The van der Waals surface area contributed by atoms with Crippen molar-refractivity contribution in [2.45, 2.75) is 23.9 Å². The zero-order chi connectivity index (χ0) is 14.6. The van der Waals surface area contributed by atoms with E-state index in [9.17, 15) is 8.42 Å². The summed E-state index contributed by atoms with van der Waals surface area (Å²) in [5.74, 6) is 1.32. The van der Waals surface area contributed by atoms with Crippen molar-refractivity contribution in [3.05, 3.63) is 35.7 Å². The summed E-state index contributed by atoms with van der Waals surface area (Å²) in [6.45, 7) is 4.06. The third kappa shape index (κ3) is 4.06. The Labute approximate surface area is 122 Å². The molecule has 2 rings (SSSR count). The Morgan fingerprint density at radius 1 is 1.25 bits per heavy atom. The Morgan fingerprint density at radius 2 is 1.95 bits per heavy atom. The van der Waals surface area contributed by atoms with E-state index in [1.165, 1.54) is 11.8 Å². The summed E-state index contributed by atoms with van der Waals surface area (Å²) in [5, 5.41) is 7.33. The number of hydrogen-bond donors (Lipinski definition) is 2. The van der Waals surface area contributed by atoms with Gasteiger partial charge in [-0.2, -0.15) is 0 Å². The van der Waals surface area contributed by atoms with Crippen LogP contribution < -0.4 is 4.72 Å². The lowest BCUT2D eigenvalue weighted by molar-refractivity contribution is 0.584. The molecular weight excluding hydrogens is 296 g/mol. The topological polar surface area (TPSA) is 87.7 Å². The van der Waals surface area contributed by atoms with Crippen LogP contribution in [0.5, 0.6) is 0 Å². The van der Waals surface area contributed by atoms with Gasteiger partial charge in [-0.3, -0.25) is 5.10 Å². The number of aryl methyl sites for hydroxylation is 2. The van der Waals surface area contributed by atoms with E-state index in [4.69, 9.17) is 0 Å². The average molecular weight is 312 g/mol. The number of nitrogens with one attached hydrogen (secondary N) is 2. The number of rotatable bonds is 6. The molecule has 0 amide bonds. The van der Waals surface area contributed by atoms with Crippen LogP contribution >= 0.6 is 11.8 Å². The SMILES string of the molecule is Cc1ccc(S(=O)(=O)NCCSc2n[nH]c(C)n2)cc1. The first kappa shape index (κ1) is 15.0. The summed E-state index contributed by atoms with van der Waals surface area (Å²) in [4.78, 5) is 4.41. The molecule has 6 nitrogen and oxygen atoms in total. The molecule has 0 bridgehead atoms. The maximum atomic E-state index is 12.0. The number of aromatic amines is 1. The van der Waals surface area contributed by atoms with Crippen molar-refractivity contribution in [2.75, 3.05) is 12.3 Å². The first-order valence-corrected chi connectivity index (χ1v) is 8.52. The van der Waals surface area contributed by atoms with E-state index in [1.807, 2.05) is 13.8 Å². The zero-order valence-electron chi connectivity index (χ0n) is 11.3. The highest BCUT2D eigenvalue weighted by Gasteiger charge is 2.12. The van der Waals surface area contributed by atoms with Gasteiger partial charge in [0.25, 0.3) is 0 Å². The van der Waals surface area contributed by atoms with Crippen LogP contribution in [-0.2, 0) is 10.0 Å². The van der Waals surface area contributed by atoms with Crippen LogP contribution in [-0.4, -0.2) is 35.9 Å². The van der Waals surface area contributed by atoms with Crippen LogP contribution in [0.4, 0.5) is 0 Å². The van der Waals surface area contributed by atoms with Crippen LogP contribution in [0.3, 0.4) is 0 Å². The molecular formula is C12H16N4O2S2. The Bertz CT molecular complexity index is 665. The minimum Gasteiger partial charge on any atom is -0.262 e. The molecule has 0 saturated heterocycles. The van der Waals surface area contributed by atoms with Crippen molar-refractivity contribution in [2.24, 2.45) is 0 Å². The first-order valence-electron chi connectivity index (χ1n) is 6.05. The van der Waals surface area contributed by atoms with Gasteiger partial charge in [0.1, 0.15) is 5.82 Å². The molecule has 2 aromatic rings. The van der Waals surface area contributed by atoms with Gasteiger partial charge in [-0.15, -0.1) is 5.10 Å². The minimum absolute atomic E-state index is 0.279. The van der Waals surface area contributed by atoms with Gasteiger partial charge in [-0.05, 0) is 26.0 Å². The second-order valence-electron chi connectivity index (χ2n) is 4.26. The molecule has 2 N–H and O–H groups in total. The van der Waals surface area contributed by atoms with Crippen molar-refractivity contribution in [3.8, 4) is 0 Å². The van der Waals surface area contributed by atoms with Crippen molar-refractivity contribution in [1.82, 2.24) is 19.9 Å². The fourth-order valence-electron chi connectivity index (χ4n) is 1.51. The monoisotopic (exact) mass is 312 g/mol. The quantitative estimate of drug-likeness (QED) is 0.623. The standard InChI is InChI=1S/C12H16N4O2S2/c1-9-3-5-11(6-4-9)20(17,18)13-7-8-19-12-14-10(2)15-16-12/h3-6,13H,7-8H2,1-2H3,(H,14,15,16). The molecule has 0 aliphatic rings. The van der Waals surface area contributed by atoms with E-state index in [-0.39, 0.29) is 4.90 Å². The molecule has 0 saturated carbocycles. The summed E-state index contributed by atoms with van der Waals surface area (Å²) in [6.07, 6.45) is 0. The van der Waals surface area contributed by atoms with Gasteiger partial charge >= 0.3 is 0 Å². The number of hydrogen-bond acceptors (Lipinski definition) is 5. The van der Waals surface area contributed by atoms with E-state index >= 15 is 0 Å². The highest BCUT2D eigenvalue weighted by atomic mass is 32.2. The predicted molar refractivity (Wildman–Crippen MR) is 78.2 cm³/mol. The number of aromatic nitrogens is 3. The predicted octanol–water partition coefficient (Wildman–Crippen LogP) is 1.49. The average Bonchev–Trinajstić information content (AvgIpc) is 2.81. The highest BCUT2D eigenvalue weighted by Crippen LogP contribution is 2.12. The Balaban J connectivity index is 1.85. The summed E-state index contributed by atoms with van der Waals surface area (Å²) in [5.41, 5.74) is 1.03. The molecule has 0 unspecified atom stereocenters. The summed E-state index contributed by atoms with van der Waals surface area (Å²) < 4.78 is 26.6. The van der Waals surface area contributed by atoms with Crippen molar-refractivity contribution >= 4 is 21.8 Å². The number of benzene rings is 1. The maximum Gasteiger partial charge on any atom is 0.240 e. The van der Waals surface area contributed by atoms with Gasteiger partial charge in [0, 0.05) is 12.3 Å². The van der Waals surface area contributed by atoms with Crippen LogP contribution in [0.1, 0.15) is 11.4 Å². The largest absolute Gasteiger partial charge is 0.262 e.